The summed E-state index contributed by atoms with van der Waals surface area (Å²) in [7, 11) is 8.37. The molecule has 1 saturated heterocycles. The second-order valence-corrected chi connectivity index (χ2v) is 7.83. The van der Waals surface area contributed by atoms with Gasteiger partial charge < -0.3 is 29.1 Å². The Hall–Kier alpha value is -3.59. The molecular weight excluding hydrogens is 426 g/mol. The smallest absolute Gasteiger partial charge is 0.295 e. The highest BCUT2D eigenvalue weighted by atomic mass is 16.5. The van der Waals surface area contributed by atoms with Gasteiger partial charge in [-0.2, -0.15) is 0 Å². The summed E-state index contributed by atoms with van der Waals surface area (Å²) < 4.78 is 16.4. The van der Waals surface area contributed by atoms with Crippen LogP contribution in [0, 0.1) is 0 Å². The van der Waals surface area contributed by atoms with Gasteiger partial charge in [-0.05, 0) is 45.3 Å². The van der Waals surface area contributed by atoms with Gasteiger partial charge >= 0.3 is 0 Å². The molecule has 0 radical (unpaired) electrons. The average Bonchev–Trinajstić information content (AvgIpc) is 3.07. The average molecular weight is 456 g/mol. The Bertz CT molecular complexity index is 1050. The molecular formula is C24H29N3O6. The number of amides is 1. The van der Waals surface area contributed by atoms with Crippen molar-refractivity contribution in [2.45, 2.75) is 12.5 Å². The number of Topliss-reactive ketones (excluding diaryl/α,β-unsaturated/α-hetero) is 1. The number of aliphatic hydroxyl groups is 1. The molecule has 1 aromatic heterocycles. The molecule has 9 heteroatoms. The van der Waals surface area contributed by atoms with Gasteiger partial charge in [-0.1, -0.05) is 0 Å². The van der Waals surface area contributed by atoms with Crippen molar-refractivity contribution in [1.29, 1.82) is 0 Å². The highest BCUT2D eigenvalue weighted by Gasteiger charge is 2.47. The van der Waals surface area contributed by atoms with Crippen LogP contribution >= 0.6 is 0 Å². The number of methoxy groups -OCH3 is 3. The Labute approximate surface area is 193 Å². The fourth-order valence-corrected chi connectivity index (χ4v) is 3.92. The number of benzene rings is 1. The lowest BCUT2D eigenvalue weighted by Gasteiger charge is -2.27. The molecule has 0 bridgehead atoms. The van der Waals surface area contributed by atoms with Crippen LogP contribution in [-0.4, -0.2) is 80.1 Å². The lowest BCUT2D eigenvalue weighted by molar-refractivity contribution is -0.140. The van der Waals surface area contributed by atoms with E-state index in [1.807, 2.05) is 19.0 Å². The molecule has 1 atom stereocenters. The van der Waals surface area contributed by atoms with Gasteiger partial charge in [0.15, 0.2) is 11.5 Å². The molecule has 1 amide bonds. The summed E-state index contributed by atoms with van der Waals surface area (Å²) in [5.74, 6) is -0.444. The number of rotatable bonds is 9. The predicted octanol–water partition coefficient (Wildman–Crippen LogP) is 2.48. The molecule has 1 N–H and O–H groups in total. The summed E-state index contributed by atoms with van der Waals surface area (Å²) in [6.07, 6.45) is 3.66. The Morgan fingerprint density at radius 3 is 2.21 bits per heavy atom. The zero-order valence-corrected chi connectivity index (χ0v) is 19.5. The Morgan fingerprint density at radius 2 is 1.64 bits per heavy atom. The van der Waals surface area contributed by atoms with Crippen LogP contribution in [0.15, 0.2) is 42.2 Å². The monoisotopic (exact) mass is 455 g/mol. The molecule has 1 aliphatic heterocycles. The number of ketones is 1. The number of hydrogen-bond acceptors (Lipinski definition) is 8. The van der Waals surface area contributed by atoms with Gasteiger partial charge in [0.25, 0.3) is 11.7 Å². The third kappa shape index (κ3) is 4.78. The Balaban J connectivity index is 2.22. The van der Waals surface area contributed by atoms with Crippen molar-refractivity contribution in [2.75, 3.05) is 48.5 Å². The largest absolute Gasteiger partial charge is 0.507 e. The van der Waals surface area contributed by atoms with Crippen LogP contribution < -0.4 is 14.2 Å². The summed E-state index contributed by atoms with van der Waals surface area (Å²) in [5.41, 5.74) is 0.886. The summed E-state index contributed by atoms with van der Waals surface area (Å²) in [5, 5.41) is 11.1. The standard InChI is InChI=1S/C24H29N3O6/c1-26(2)11-6-12-27-21(16-13-18(32-4)19(33-5)14-17(16)31-3)20(23(29)24(27)30)22(28)15-7-9-25-10-8-15/h7-10,13-14,21,28H,6,11-12H2,1-5H3/t21-/m1/s1. The van der Waals surface area contributed by atoms with E-state index in [4.69, 9.17) is 14.2 Å². The minimum atomic E-state index is -0.866. The first kappa shape index (κ1) is 24.1. The van der Waals surface area contributed by atoms with Crippen LogP contribution in [0.25, 0.3) is 5.76 Å². The number of carbonyl (C=O) groups excluding carboxylic acids is 2. The Kier molecular flexibility index (Phi) is 7.55. The molecule has 0 saturated carbocycles. The van der Waals surface area contributed by atoms with Gasteiger partial charge in [0, 0.05) is 36.1 Å². The number of aliphatic hydroxyl groups excluding tert-OH is 1. The summed E-state index contributed by atoms with van der Waals surface area (Å²) in [4.78, 5) is 33.7. The molecule has 1 aliphatic rings. The SMILES string of the molecule is COc1cc(OC)c([C@@H]2C(=C(O)c3ccncc3)C(=O)C(=O)N2CCCN(C)C)cc1OC. The van der Waals surface area contributed by atoms with Crippen LogP contribution in [0.3, 0.4) is 0 Å². The van der Waals surface area contributed by atoms with E-state index in [1.165, 1.54) is 38.6 Å². The minimum Gasteiger partial charge on any atom is -0.507 e. The van der Waals surface area contributed by atoms with Crippen LogP contribution in [0.4, 0.5) is 0 Å². The first-order valence-electron chi connectivity index (χ1n) is 10.5. The number of pyridine rings is 1. The normalized spacial score (nSPS) is 17.5. The molecule has 176 valence electrons. The summed E-state index contributed by atoms with van der Waals surface area (Å²) in [6.45, 7) is 1.04. The maximum absolute atomic E-state index is 13.2. The third-order valence-electron chi connectivity index (χ3n) is 5.53. The van der Waals surface area contributed by atoms with Gasteiger partial charge in [0.1, 0.15) is 11.5 Å². The maximum atomic E-state index is 13.2. The van der Waals surface area contributed by atoms with Crippen molar-refractivity contribution >= 4 is 17.4 Å². The van der Waals surface area contributed by atoms with Gasteiger partial charge in [-0.25, -0.2) is 0 Å². The highest BCUT2D eigenvalue weighted by Crippen LogP contribution is 2.46. The Morgan fingerprint density at radius 1 is 1.03 bits per heavy atom. The van der Waals surface area contributed by atoms with Crippen LogP contribution in [-0.2, 0) is 9.59 Å². The summed E-state index contributed by atoms with van der Waals surface area (Å²) in [6, 6.07) is 5.61. The van der Waals surface area contributed by atoms with Gasteiger partial charge in [0.05, 0.1) is 32.9 Å². The third-order valence-corrected chi connectivity index (χ3v) is 5.53. The van der Waals surface area contributed by atoms with Crippen molar-refractivity contribution in [3.05, 3.63) is 53.4 Å². The molecule has 0 unspecified atom stereocenters. The van der Waals surface area contributed by atoms with E-state index < -0.39 is 17.7 Å². The molecule has 0 spiro atoms. The molecule has 3 rings (SSSR count). The number of likely N-dealkylation sites (tertiary alicyclic amines) is 1. The molecule has 2 aromatic rings. The lowest BCUT2D eigenvalue weighted by atomic mass is 9.94. The fourth-order valence-electron chi connectivity index (χ4n) is 3.92. The minimum absolute atomic E-state index is 0.0124. The van der Waals surface area contributed by atoms with E-state index >= 15 is 0 Å². The highest BCUT2D eigenvalue weighted by molar-refractivity contribution is 6.46. The molecule has 1 aromatic carbocycles. The van der Waals surface area contributed by atoms with Crippen LogP contribution in [0.2, 0.25) is 0 Å². The lowest BCUT2D eigenvalue weighted by Crippen LogP contribution is -2.32. The van der Waals surface area contributed by atoms with E-state index in [-0.39, 0.29) is 11.3 Å². The van der Waals surface area contributed by atoms with E-state index in [9.17, 15) is 14.7 Å². The number of carbonyl (C=O) groups is 2. The zero-order chi connectivity index (χ0) is 24.1. The second kappa shape index (κ2) is 10.4. The second-order valence-electron chi connectivity index (χ2n) is 7.83. The van der Waals surface area contributed by atoms with Crippen molar-refractivity contribution in [1.82, 2.24) is 14.8 Å². The molecule has 2 heterocycles. The van der Waals surface area contributed by atoms with Gasteiger partial charge in [-0.3, -0.25) is 14.6 Å². The van der Waals surface area contributed by atoms with Crippen molar-refractivity contribution in [3.63, 3.8) is 0 Å². The topological polar surface area (TPSA) is 101 Å². The molecule has 0 aliphatic carbocycles. The first-order chi connectivity index (χ1) is 15.8. The van der Waals surface area contributed by atoms with E-state index in [0.717, 1.165) is 6.54 Å². The van der Waals surface area contributed by atoms with Gasteiger partial charge in [-0.15, -0.1) is 0 Å². The fraction of sp³-hybridized carbons (Fsp3) is 0.375. The molecule has 9 nitrogen and oxygen atoms in total. The first-order valence-corrected chi connectivity index (χ1v) is 10.5. The number of hydrogen-bond donors (Lipinski definition) is 1. The van der Waals surface area contributed by atoms with Crippen molar-refractivity contribution in [3.8, 4) is 17.2 Å². The number of nitrogens with zero attached hydrogens (tertiary/aromatic N) is 3. The number of aromatic nitrogens is 1. The predicted molar refractivity (Wildman–Crippen MR) is 123 cm³/mol. The van der Waals surface area contributed by atoms with Crippen LogP contribution in [0.1, 0.15) is 23.6 Å². The van der Waals surface area contributed by atoms with Crippen molar-refractivity contribution in [2.24, 2.45) is 0 Å². The molecule has 33 heavy (non-hydrogen) atoms. The van der Waals surface area contributed by atoms with E-state index in [2.05, 4.69) is 4.98 Å². The van der Waals surface area contributed by atoms with E-state index in [0.29, 0.717) is 41.3 Å². The summed E-state index contributed by atoms with van der Waals surface area (Å²) >= 11 is 0. The molecule has 1 fully saturated rings. The zero-order valence-electron chi connectivity index (χ0n) is 19.5. The van der Waals surface area contributed by atoms with Crippen molar-refractivity contribution < 1.29 is 28.9 Å². The van der Waals surface area contributed by atoms with Gasteiger partial charge in [0.2, 0.25) is 0 Å². The number of ether oxygens (including phenoxy) is 3. The maximum Gasteiger partial charge on any atom is 0.295 e. The van der Waals surface area contributed by atoms with E-state index in [1.54, 1.807) is 24.3 Å². The quantitative estimate of drug-likeness (QED) is 0.350. The van der Waals surface area contributed by atoms with Crippen LogP contribution in [0.5, 0.6) is 17.2 Å².